The minimum atomic E-state index is -0.453. The summed E-state index contributed by atoms with van der Waals surface area (Å²) in [5.74, 6) is -0.165. The van der Waals surface area contributed by atoms with Crippen LogP contribution >= 0.6 is 0 Å². The van der Waals surface area contributed by atoms with E-state index in [2.05, 4.69) is 10.2 Å². The van der Waals surface area contributed by atoms with Crippen LogP contribution in [0.3, 0.4) is 0 Å². The Hall–Kier alpha value is -2.21. The molecule has 0 fully saturated rings. The van der Waals surface area contributed by atoms with E-state index < -0.39 is 4.92 Å². The molecule has 1 rings (SSSR count). The van der Waals surface area contributed by atoms with E-state index in [-0.39, 0.29) is 11.6 Å². The molecule has 6 heteroatoms. The van der Waals surface area contributed by atoms with Crippen LogP contribution in [-0.2, 0) is 4.79 Å². The smallest absolute Gasteiger partial charge is 0.269 e. The molecule has 0 saturated carbocycles. The Morgan fingerprint density at radius 1 is 1.35 bits per heavy atom. The van der Waals surface area contributed by atoms with Gasteiger partial charge in [0.2, 0.25) is 5.91 Å². The highest BCUT2D eigenvalue weighted by Crippen LogP contribution is 2.12. The highest BCUT2D eigenvalue weighted by molar-refractivity contribution is 5.91. The number of nitrogens with one attached hydrogen (secondary N) is 1. The zero-order valence-corrected chi connectivity index (χ0v) is 11.7. The lowest BCUT2D eigenvalue weighted by molar-refractivity contribution is -0.384. The van der Waals surface area contributed by atoms with E-state index >= 15 is 0 Å². The molecule has 108 valence electrons. The highest BCUT2D eigenvalue weighted by atomic mass is 16.6. The van der Waals surface area contributed by atoms with Crippen molar-refractivity contribution >= 4 is 17.7 Å². The zero-order valence-electron chi connectivity index (χ0n) is 11.7. The molecule has 20 heavy (non-hydrogen) atoms. The number of nitrogens with zero attached hydrogens (tertiary/aromatic N) is 2. The van der Waals surface area contributed by atoms with Crippen LogP contribution in [0.15, 0.2) is 30.3 Å². The van der Waals surface area contributed by atoms with E-state index in [1.54, 1.807) is 18.2 Å². The molecule has 0 aliphatic rings. The summed E-state index contributed by atoms with van der Waals surface area (Å²) in [6, 6.07) is 6.03. The van der Waals surface area contributed by atoms with Crippen molar-refractivity contribution < 1.29 is 9.72 Å². The Kier molecular flexibility index (Phi) is 6.39. The van der Waals surface area contributed by atoms with Crippen LogP contribution in [0.4, 0.5) is 5.69 Å². The first kappa shape index (κ1) is 15.8. The first-order chi connectivity index (χ1) is 9.49. The first-order valence-corrected chi connectivity index (χ1v) is 6.34. The summed E-state index contributed by atoms with van der Waals surface area (Å²) in [6.07, 6.45) is 3.95. The van der Waals surface area contributed by atoms with Crippen molar-refractivity contribution in [1.29, 1.82) is 0 Å². The molecule has 0 unspecified atom stereocenters. The second kappa shape index (κ2) is 8.06. The SMILES string of the molecule is CN(C)CCCNC(=O)C=Cc1ccc([N+](=O)[O-])cc1. The average molecular weight is 277 g/mol. The molecule has 0 bridgehead atoms. The summed E-state index contributed by atoms with van der Waals surface area (Å²) in [4.78, 5) is 23.6. The van der Waals surface area contributed by atoms with Gasteiger partial charge < -0.3 is 10.2 Å². The first-order valence-electron chi connectivity index (χ1n) is 6.34. The van der Waals surface area contributed by atoms with Crippen molar-refractivity contribution in [2.24, 2.45) is 0 Å². The number of amides is 1. The van der Waals surface area contributed by atoms with Gasteiger partial charge in [-0.25, -0.2) is 0 Å². The average Bonchev–Trinajstić information content (AvgIpc) is 2.41. The van der Waals surface area contributed by atoms with Gasteiger partial charge in [-0.05, 0) is 50.8 Å². The summed E-state index contributed by atoms with van der Waals surface area (Å²) >= 11 is 0. The van der Waals surface area contributed by atoms with Crippen molar-refractivity contribution in [3.63, 3.8) is 0 Å². The molecule has 0 aliphatic heterocycles. The summed E-state index contributed by atoms with van der Waals surface area (Å²) < 4.78 is 0. The third kappa shape index (κ3) is 6.10. The molecule has 6 nitrogen and oxygen atoms in total. The second-order valence-corrected chi connectivity index (χ2v) is 4.63. The molecule has 1 aromatic carbocycles. The fourth-order valence-electron chi connectivity index (χ4n) is 1.54. The van der Waals surface area contributed by atoms with Crippen LogP contribution in [0.2, 0.25) is 0 Å². The Morgan fingerprint density at radius 2 is 2.00 bits per heavy atom. The fraction of sp³-hybridized carbons (Fsp3) is 0.357. The number of carbonyl (C=O) groups excluding carboxylic acids is 1. The van der Waals surface area contributed by atoms with Crippen LogP contribution < -0.4 is 5.32 Å². The molecule has 0 saturated heterocycles. The molecule has 0 radical (unpaired) electrons. The standard InChI is InChI=1S/C14H19N3O3/c1-16(2)11-3-10-15-14(18)9-6-12-4-7-13(8-5-12)17(19)20/h4-9H,3,10-11H2,1-2H3,(H,15,18). The summed E-state index contributed by atoms with van der Waals surface area (Å²) in [7, 11) is 3.96. The Labute approximate surface area is 118 Å². The van der Waals surface area contributed by atoms with Gasteiger partial charge >= 0.3 is 0 Å². The van der Waals surface area contributed by atoms with E-state index in [1.165, 1.54) is 18.2 Å². The predicted octanol–water partition coefficient (Wildman–Crippen LogP) is 1.68. The molecule has 0 aromatic heterocycles. The zero-order chi connectivity index (χ0) is 15.0. The van der Waals surface area contributed by atoms with Crippen molar-refractivity contribution in [2.45, 2.75) is 6.42 Å². The summed E-state index contributed by atoms with van der Waals surface area (Å²) in [5.41, 5.74) is 0.786. The molecular weight excluding hydrogens is 258 g/mol. The molecule has 0 aliphatic carbocycles. The number of hydrogen-bond donors (Lipinski definition) is 1. The van der Waals surface area contributed by atoms with E-state index in [1.807, 2.05) is 14.1 Å². The van der Waals surface area contributed by atoms with Crippen LogP contribution in [0.25, 0.3) is 6.08 Å². The molecule has 1 aromatic rings. The monoisotopic (exact) mass is 277 g/mol. The van der Waals surface area contributed by atoms with E-state index in [4.69, 9.17) is 0 Å². The van der Waals surface area contributed by atoms with E-state index in [0.29, 0.717) is 6.54 Å². The van der Waals surface area contributed by atoms with Gasteiger partial charge in [-0.15, -0.1) is 0 Å². The van der Waals surface area contributed by atoms with Crippen LogP contribution in [0.1, 0.15) is 12.0 Å². The Morgan fingerprint density at radius 3 is 2.55 bits per heavy atom. The lowest BCUT2D eigenvalue weighted by Gasteiger charge is -2.08. The van der Waals surface area contributed by atoms with Crippen molar-refractivity contribution in [1.82, 2.24) is 10.2 Å². The van der Waals surface area contributed by atoms with Gasteiger partial charge in [0.15, 0.2) is 0 Å². The third-order valence-electron chi connectivity index (χ3n) is 2.61. The second-order valence-electron chi connectivity index (χ2n) is 4.63. The Bertz CT molecular complexity index is 481. The maximum atomic E-state index is 11.5. The van der Waals surface area contributed by atoms with Crippen LogP contribution in [0, 0.1) is 10.1 Å². The Balaban J connectivity index is 2.39. The van der Waals surface area contributed by atoms with Gasteiger partial charge in [-0.1, -0.05) is 0 Å². The third-order valence-corrected chi connectivity index (χ3v) is 2.61. The number of hydrogen-bond acceptors (Lipinski definition) is 4. The topological polar surface area (TPSA) is 75.5 Å². The van der Waals surface area contributed by atoms with Gasteiger partial charge in [0.05, 0.1) is 4.92 Å². The molecule has 0 spiro atoms. The van der Waals surface area contributed by atoms with Crippen LogP contribution in [-0.4, -0.2) is 42.9 Å². The number of nitro benzene ring substituents is 1. The number of benzene rings is 1. The lowest BCUT2D eigenvalue weighted by Crippen LogP contribution is -2.25. The quantitative estimate of drug-likeness (QED) is 0.356. The number of rotatable bonds is 7. The van der Waals surface area contributed by atoms with Crippen molar-refractivity contribution in [3.8, 4) is 0 Å². The minimum absolute atomic E-state index is 0.0373. The summed E-state index contributed by atoms with van der Waals surface area (Å²) in [5, 5.41) is 13.3. The molecule has 1 N–H and O–H groups in total. The van der Waals surface area contributed by atoms with Crippen LogP contribution in [0.5, 0.6) is 0 Å². The number of nitro groups is 1. The number of carbonyl (C=O) groups is 1. The highest BCUT2D eigenvalue weighted by Gasteiger charge is 2.02. The maximum Gasteiger partial charge on any atom is 0.269 e. The van der Waals surface area contributed by atoms with Gasteiger partial charge in [-0.2, -0.15) is 0 Å². The fourth-order valence-corrected chi connectivity index (χ4v) is 1.54. The lowest BCUT2D eigenvalue weighted by atomic mass is 10.2. The van der Waals surface area contributed by atoms with E-state index in [0.717, 1.165) is 18.5 Å². The molecule has 0 heterocycles. The number of non-ortho nitro benzene ring substituents is 1. The maximum absolute atomic E-state index is 11.5. The van der Waals surface area contributed by atoms with Gasteiger partial charge in [0.25, 0.3) is 5.69 Å². The summed E-state index contributed by atoms with van der Waals surface area (Å²) in [6.45, 7) is 1.55. The predicted molar refractivity (Wildman–Crippen MR) is 78.3 cm³/mol. The van der Waals surface area contributed by atoms with Gasteiger partial charge in [0.1, 0.15) is 0 Å². The van der Waals surface area contributed by atoms with E-state index in [9.17, 15) is 14.9 Å². The van der Waals surface area contributed by atoms with Crippen molar-refractivity contribution in [2.75, 3.05) is 27.2 Å². The molecule has 1 amide bonds. The minimum Gasteiger partial charge on any atom is -0.353 e. The van der Waals surface area contributed by atoms with Gasteiger partial charge in [-0.3, -0.25) is 14.9 Å². The van der Waals surface area contributed by atoms with Crippen molar-refractivity contribution in [3.05, 3.63) is 46.0 Å². The largest absolute Gasteiger partial charge is 0.353 e. The molecule has 0 atom stereocenters. The normalized spacial score (nSPS) is 10.9. The molecular formula is C14H19N3O3. The van der Waals surface area contributed by atoms with Gasteiger partial charge in [0, 0.05) is 24.8 Å².